The van der Waals surface area contributed by atoms with Crippen LogP contribution in [-0.4, -0.2) is 24.0 Å². The molecule has 0 amide bonds. The number of hydrogen-bond donors (Lipinski definition) is 3. The molecule has 0 spiro atoms. The predicted octanol–water partition coefficient (Wildman–Crippen LogP) is 0.318. The molecule has 0 aromatic heterocycles. The fourth-order valence-corrected chi connectivity index (χ4v) is 1.72. The molecule has 1 rings (SSSR count). The zero-order valence-corrected chi connectivity index (χ0v) is 9.61. The number of piperidine rings is 1. The molecule has 1 saturated heterocycles. The van der Waals surface area contributed by atoms with Crippen molar-refractivity contribution in [2.45, 2.75) is 26.3 Å². The first-order valence-corrected chi connectivity index (χ1v) is 5.40. The van der Waals surface area contributed by atoms with E-state index in [1.807, 2.05) is 19.1 Å². The van der Waals surface area contributed by atoms with Crippen LogP contribution in [0.5, 0.6) is 0 Å². The summed E-state index contributed by atoms with van der Waals surface area (Å²) in [5, 5.41) is 0. The minimum Gasteiger partial charge on any atom is -0.402 e. The van der Waals surface area contributed by atoms with Crippen LogP contribution in [-0.2, 0) is 0 Å². The first kappa shape index (κ1) is 11.9. The van der Waals surface area contributed by atoms with Crippen molar-refractivity contribution in [1.29, 1.82) is 0 Å². The van der Waals surface area contributed by atoms with Crippen molar-refractivity contribution in [1.82, 2.24) is 4.90 Å². The van der Waals surface area contributed by atoms with Crippen molar-refractivity contribution in [2.75, 3.05) is 13.1 Å². The molecule has 1 aliphatic heterocycles. The van der Waals surface area contributed by atoms with E-state index in [0.717, 1.165) is 31.0 Å². The van der Waals surface area contributed by atoms with Crippen LogP contribution in [0.3, 0.4) is 0 Å². The van der Waals surface area contributed by atoms with E-state index in [1.165, 1.54) is 0 Å². The summed E-state index contributed by atoms with van der Waals surface area (Å²) in [6.45, 7) is 5.87. The van der Waals surface area contributed by atoms with E-state index in [1.54, 1.807) is 0 Å². The van der Waals surface area contributed by atoms with E-state index < -0.39 is 0 Å². The van der Waals surface area contributed by atoms with Crippen LogP contribution < -0.4 is 17.2 Å². The van der Waals surface area contributed by atoms with Crippen LogP contribution in [0, 0.1) is 5.92 Å². The second kappa shape index (κ2) is 5.07. The predicted molar refractivity (Wildman–Crippen MR) is 63.5 cm³/mol. The van der Waals surface area contributed by atoms with Gasteiger partial charge in [0.25, 0.3) is 0 Å². The second-order valence-electron chi connectivity index (χ2n) is 4.38. The van der Waals surface area contributed by atoms with Crippen molar-refractivity contribution in [3.05, 3.63) is 23.7 Å². The van der Waals surface area contributed by atoms with Gasteiger partial charge in [-0.25, -0.2) is 0 Å². The molecule has 0 radical (unpaired) electrons. The Morgan fingerprint density at radius 2 is 2.00 bits per heavy atom. The SMILES string of the molecule is C/C(N)=C/C=C(\N)N1CCC(N)C(C)C1. The average molecular weight is 210 g/mol. The molecule has 1 fully saturated rings. The second-order valence-corrected chi connectivity index (χ2v) is 4.38. The number of likely N-dealkylation sites (tertiary alicyclic amines) is 1. The van der Waals surface area contributed by atoms with Crippen molar-refractivity contribution < 1.29 is 0 Å². The van der Waals surface area contributed by atoms with Gasteiger partial charge in [0.05, 0.1) is 5.82 Å². The number of hydrogen-bond acceptors (Lipinski definition) is 4. The Morgan fingerprint density at radius 1 is 1.33 bits per heavy atom. The van der Waals surface area contributed by atoms with E-state index in [2.05, 4.69) is 11.8 Å². The number of rotatable bonds is 2. The lowest BCUT2D eigenvalue weighted by Crippen LogP contribution is -2.46. The van der Waals surface area contributed by atoms with Crippen molar-refractivity contribution in [2.24, 2.45) is 23.1 Å². The van der Waals surface area contributed by atoms with Crippen LogP contribution in [0.15, 0.2) is 23.7 Å². The van der Waals surface area contributed by atoms with E-state index in [4.69, 9.17) is 17.2 Å². The highest BCUT2D eigenvalue weighted by atomic mass is 15.2. The third kappa shape index (κ3) is 3.47. The van der Waals surface area contributed by atoms with Gasteiger partial charge in [0, 0.05) is 24.8 Å². The average Bonchev–Trinajstić information content (AvgIpc) is 2.18. The highest BCUT2D eigenvalue weighted by Crippen LogP contribution is 2.16. The van der Waals surface area contributed by atoms with Crippen LogP contribution in [0.2, 0.25) is 0 Å². The molecule has 0 aromatic carbocycles. The maximum Gasteiger partial charge on any atom is 0.0987 e. The molecule has 1 heterocycles. The summed E-state index contributed by atoms with van der Waals surface area (Å²) >= 11 is 0. The highest BCUT2D eigenvalue weighted by Gasteiger charge is 2.23. The Balaban J connectivity index is 2.58. The van der Waals surface area contributed by atoms with Gasteiger partial charge in [0.2, 0.25) is 0 Å². The van der Waals surface area contributed by atoms with Gasteiger partial charge in [-0.05, 0) is 31.4 Å². The summed E-state index contributed by atoms with van der Waals surface area (Å²) < 4.78 is 0. The van der Waals surface area contributed by atoms with Crippen molar-refractivity contribution in [3.63, 3.8) is 0 Å². The summed E-state index contributed by atoms with van der Waals surface area (Å²) in [6.07, 6.45) is 4.69. The van der Waals surface area contributed by atoms with E-state index >= 15 is 0 Å². The summed E-state index contributed by atoms with van der Waals surface area (Å²) in [5.41, 5.74) is 18.2. The lowest BCUT2D eigenvalue weighted by Gasteiger charge is -2.36. The molecule has 2 atom stereocenters. The summed E-state index contributed by atoms with van der Waals surface area (Å²) in [4.78, 5) is 2.16. The van der Waals surface area contributed by atoms with Gasteiger partial charge in [-0.2, -0.15) is 0 Å². The molecule has 86 valence electrons. The first-order chi connectivity index (χ1) is 7.00. The fraction of sp³-hybridized carbons (Fsp3) is 0.636. The maximum absolute atomic E-state index is 5.95. The Hall–Kier alpha value is -1.16. The zero-order valence-electron chi connectivity index (χ0n) is 9.61. The smallest absolute Gasteiger partial charge is 0.0987 e. The minimum absolute atomic E-state index is 0.306. The molecule has 4 nitrogen and oxygen atoms in total. The van der Waals surface area contributed by atoms with E-state index in [0.29, 0.717) is 12.0 Å². The van der Waals surface area contributed by atoms with Crippen LogP contribution >= 0.6 is 0 Å². The molecule has 0 aliphatic carbocycles. The summed E-state index contributed by atoms with van der Waals surface area (Å²) in [7, 11) is 0. The van der Waals surface area contributed by atoms with Crippen molar-refractivity contribution >= 4 is 0 Å². The van der Waals surface area contributed by atoms with E-state index in [9.17, 15) is 0 Å². The Labute approximate surface area is 91.8 Å². The van der Waals surface area contributed by atoms with Gasteiger partial charge in [0.1, 0.15) is 0 Å². The van der Waals surface area contributed by atoms with Gasteiger partial charge in [-0.1, -0.05) is 6.92 Å². The molecule has 0 saturated carbocycles. The molecule has 1 aliphatic rings. The van der Waals surface area contributed by atoms with Crippen LogP contribution in [0.1, 0.15) is 20.3 Å². The lowest BCUT2D eigenvalue weighted by atomic mass is 9.95. The van der Waals surface area contributed by atoms with Gasteiger partial charge in [-0.15, -0.1) is 0 Å². The Kier molecular flexibility index (Phi) is 4.03. The third-order valence-electron chi connectivity index (χ3n) is 2.85. The highest BCUT2D eigenvalue weighted by molar-refractivity contribution is 5.13. The normalized spacial score (nSPS) is 29.4. The van der Waals surface area contributed by atoms with Gasteiger partial charge < -0.3 is 22.1 Å². The molecular formula is C11H22N4. The molecule has 6 N–H and O–H groups in total. The lowest BCUT2D eigenvalue weighted by molar-refractivity contribution is 0.202. The molecule has 15 heavy (non-hydrogen) atoms. The summed E-state index contributed by atoms with van der Waals surface area (Å²) in [6, 6.07) is 0.306. The van der Waals surface area contributed by atoms with Gasteiger partial charge in [0.15, 0.2) is 0 Å². The minimum atomic E-state index is 0.306. The van der Waals surface area contributed by atoms with Crippen LogP contribution in [0.25, 0.3) is 0 Å². The monoisotopic (exact) mass is 210 g/mol. The number of nitrogens with two attached hydrogens (primary N) is 3. The van der Waals surface area contributed by atoms with E-state index in [-0.39, 0.29) is 0 Å². The first-order valence-electron chi connectivity index (χ1n) is 5.40. The molecule has 4 heteroatoms. The number of nitrogens with zero attached hydrogens (tertiary/aromatic N) is 1. The zero-order chi connectivity index (χ0) is 11.4. The third-order valence-corrected chi connectivity index (χ3v) is 2.85. The Morgan fingerprint density at radius 3 is 2.53 bits per heavy atom. The topological polar surface area (TPSA) is 81.3 Å². The summed E-state index contributed by atoms with van der Waals surface area (Å²) in [5.74, 6) is 1.27. The Bertz CT molecular complexity index is 266. The van der Waals surface area contributed by atoms with Gasteiger partial charge in [-0.3, -0.25) is 0 Å². The molecule has 2 unspecified atom stereocenters. The van der Waals surface area contributed by atoms with Gasteiger partial charge >= 0.3 is 0 Å². The van der Waals surface area contributed by atoms with Crippen molar-refractivity contribution in [3.8, 4) is 0 Å². The van der Waals surface area contributed by atoms with Crippen LogP contribution in [0.4, 0.5) is 0 Å². The quantitative estimate of drug-likeness (QED) is 0.573. The molecule has 0 bridgehead atoms. The molecule has 0 aromatic rings. The number of allylic oxidation sites excluding steroid dienone is 3. The molecular weight excluding hydrogens is 188 g/mol. The fourth-order valence-electron chi connectivity index (χ4n) is 1.72. The maximum atomic E-state index is 5.95. The standard InChI is InChI=1S/C11H22N4/c1-8-7-15(6-5-10(8)13)11(14)4-3-9(2)12/h3-4,8,10H,5-7,12-14H2,1-2H3/b9-3-,11-4+. The largest absolute Gasteiger partial charge is 0.402 e.